The van der Waals surface area contributed by atoms with Crippen LogP contribution in [0, 0.1) is 5.82 Å². The fourth-order valence-corrected chi connectivity index (χ4v) is 5.25. The minimum Gasteiger partial charge on any atom is -0.465 e. The highest BCUT2D eigenvalue weighted by Gasteiger charge is 2.42. The van der Waals surface area contributed by atoms with Crippen molar-refractivity contribution in [1.29, 1.82) is 0 Å². The van der Waals surface area contributed by atoms with Gasteiger partial charge in [0.2, 0.25) is 5.91 Å². The number of tetrazole rings is 1. The topological polar surface area (TPSA) is 155 Å². The van der Waals surface area contributed by atoms with Crippen molar-refractivity contribution >= 4 is 34.9 Å². The standard InChI is InChI=1S/C24H19ClFN9O3/c25-15-3-6-18(34-11-29-32-33-34)21(22(15)26)12-7-14-2-5-19(35(14)20(36)8-12)23-28-10-17(31-23)16-4-1-13(9-27-16)30-24(37)38/h1,3-4,6,8-11,14,19,30H,2,5,7H2,(H,28,31)(H,37,38)/t14-,19+/m1/s1. The maximum absolute atomic E-state index is 15.3. The third-order valence-corrected chi connectivity index (χ3v) is 6.99. The summed E-state index contributed by atoms with van der Waals surface area (Å²) in [5, 5.41) is 22.1. The second kappa shape index (κ2) is 9.34. The van der Waals surface area contributed by atoms with Gasteiger partial charge in [-0.15, -0.1) is 5.10 Å². The van der Waals surface area contributed by atoms with Gasteiger partial charge < -0.3 is 15.0 Å². The Labute approximate surface area is 219 Å². The summed E-state index contributed by atoms with van der Waals surface area (Å²) in [6.07, 6.45) is 6.48. The maximum atomic E-state index is 15.3. The van der Waals surface area contributed by atoms with Crippen molar-refractivity contribution in [3.63, 3.8) is 0 Å². The molecule has 0 aliphatic carbocycles. The van der Waals surface area contributed by atoms with E-state index >= 15 is 4.39 Å². The van der Waals surface area contributed by atoms with Crippen LogP contribution in [0.2, 0.25) is 5.02 Å². The molecule has 38 heavy (non-hydrogen) atoms. The number of hydrogen-bond acceptors (Lipinski definition) is 7. The van der Waals surface area contributed by atoms with Crippen LogP contribution in [0.1, 0.15) is 36.7 Å². The summed E-state index contributed by atoms with van der Waals surface area (Å²) in [7, 11) is 0. The van der Waals surface area contributed by atoms with Crippen LogP contribution in [0.25, 0.3) is 22.6 Å². The fraction of sp³-hybridized carbons (Fsp3) is 0.208. The van der Waals surface area contributed by atoms with Crippen molar-refractivity contribution < 1.29 is 19.1 Å². The zero-order valence-electron chi connectivity index (χ0n) is 19.5. The van der Waals surface area contributed by atoms with Gasteiger partial charge >= 0.3 is 6.09 Å². The lowest BCUT2D eigenvalue weighted by Gasteiger charge is -2.33. The van der Waals surface area contributed by atoms with E-state index < -0.39 is 11.9 Å². The van der Waals surface area contributed by atoms with E-state index in [2.05, 4.69) is 35.8 Å². The molecule has 3 N–H and O–H groups in total. The molecule has 5 heterocycles. The van der Waals surface area contributed by atoms with Crippen molar-refractivity contribution in [2.45, 2.75) is 31.3 Å². The van der Waals surface area contributed by atoms with Gasteiger partial charge in [-0.2, -0.15) is 4.68 Å². The van der Waals surface area contributed by atoms with Crippen molar-refractivity contribution in [3.8, 4) is 17.1 Å². The predicted octanol–water partition coefficient (Wildman–Crippen LogP) is 3.85. The number of carbonyl (C=O) groups excluding carboxylic acids is 1. The van der Waals surface area contributed by atoms with E-state index in [9.17, 15) is 9.59 Å². The third kappa shape index (κ3) is 4.16. The number of halogens is 2. The summed E-state index contributed by atoms with van der Waals surface area (Å²) >= 11 is 6.10. The number of aromatic nitrogens is 7. The Morgan fingerprint density at radius 1 is 1.18 bits per heavy atom. The average Bonchev–Trinajstić information content (AvgIpc) is 3.66. The molecule has 6 rings (SSSR count). The number of aromatic amines is 1. The molecule has 0 unspecified atom stereocenters. The van der Waals surface area contributed by atoms with E-state index in [1.165, 1.54) is 29.3 Å². The van der Waals surface area contributed by atoms with Crippen LogP contribution >= 0.6 is 11.6 Å². The molecule has 0 saturated carbocycles. The van der Waals surface area contributed by atoms with Gasteiger partial charge in [-0.25, -0.2) is 14.2 Å². The van der Waals surface area contributed by atoms with Crippen LogP contribution in [0.15, 0.2) is 49.1 Å². The minimum absolute atomic E-state index is 0.0552. The largest absolute Gasteiger partial charge is 0.465 e. The molecule has 192 valence electrons. The quantitative estimate of drug-likeness (QED) is 0.348. The molecule has 0 spiro atoms. The smallest absolute Gasteiger partial charge is 0.409 e. The third-order valence-electron chi connectivity index (χ3n) is 6.70. The first-order valence-electron chi connectivity index (χ1n) is 11.6. The lowest BCUT2D eigenvalue weighted by atomic mass is 9.92. The number of benzene rings is 1. The predicted molar refractivity (Wildman–Crippen MR) is 133 cm³/mol. The summed E-state index contributed by atoms with van der Waals surface area (Å²) in [5.74, 6) is -0.263. The monoisotopic (exact) mass is 535 g/mol. The molecule has 1 aromatic carbocycles. The number of amides is 2. The van der Waals surface area contributed by atoms with Crippen molar-refractivity contribution in [3.05, 3.63) is 71.3 Å². The second-order valence-electron chi connectivity index (χ2n) is 8.92. The Balaban J connectivity index is 1.27. The van der Waals surface area contributed by atoms with Crippen LogP contribution in [0.5, 0.6) is 0 Å². The molecule has 0 radical (unpaired) electrons. The fourth-order valence-electron chi connectivity index (χ4n) is 5.09. The number of anilines is 1. The molecule has 3 aromatic heterocycles. The number of H-pyrrole nitrogens is 1. The zero-order valence-corrected chi connectivity index (χ0v) is 20.3. The Kier molecular flexibility index (Phi) is 5.83. The van der Waals surface area contributed by atoms with Gasteiger partial charge in [-0.1, -0.05) is 11.6 Å². The van der Waals surface area contributed by atoms with Crippen LogP contribution in [-0.4, -0.2) is 63.2 Å². The molecule has 2 atom stereocenters. The number of carboxylic acid groups (broad SMARTS) is 1. The maximum Gasteiger partial charge on any atom is 0.409 e. The Hall–Kier alpha value is -4.65. The van der Waals surface area contributed by atoms with E-state index in [4.69, 9.17) is 16.7 Å². The molecule has 4 aromatic rings. The van der Waals surface area contributed by atoms with Crippen molar-refractivity contribution in [1.82, 2.24) is 40.1 Å². The van der Waals surface area contributed by atoms with Gasteiger partial charge in [-0.3, -0.25) is 15.1 Å². The van der Waals surface area contributed by atoms with Crippen LogP contribution < -0.4 is 5.32 Å². The molecule has 2 amide bonds. The van der Waals surface area contributed by atoms with Gasteiger partial charge in [0.15, 0.2) is 5.82 Å². The lowest BCUT2D eigenvalue weighted by molar-refractivity contribution is -0.129. The van der Waals surface area contributed by atoms with Crippen LogP contribution in [0.4, 0.5) is 14.9 Å². The zero-order chi connectivity index (χ0) is 26.4. The molecular weight excluding hydrogens is 517 g/mol. The van der Waals surface area contributed by atoms with Gasteiger partial charge in [0.1, 0.15) is 12.2 Å². The number of nitrogens with one attached hydrogen (secondary N) is 2. The van der Waals surface area contributed by atoms with Gasteiger partial charge in [-0.05, 0) is 59.5 Å². The molecule has 12 nitrogen and oxygen atoms in total. The first-order valence-corrected chi connectivity index (χ1v) is 12.0. The molecule has 1 saturated heterocycles. The van der Waals surface area contributed by atoms with Crippen LogP contribution in [-0.2, 0) is 4.79 Å². The Morgan fingerprint density at radius 3 is 2.79 bits per heavy atom. The summed E-state index contributed by atoms with van der Waals surface area (Å²) in [6.45, 7) is 0. The van der Waals surface area contributed by atoms with E-state index in [-0.39, 0.29) is 28.6 Å². The number of rotatable bonds is 5. The number of carbonyl (C=O) groups is 2. The highest BCUT2D eigenvalue weighted by atomic mass is 35.5. The summed E-state index contributed by atoms with van der Waals surface area (Å²) in [5.41, 5.74) is 2.69. The molecule has 0 bridgehead atoms. The number of fused-ring (bicyclic) bond motifs is 1. The number of imidazole rings is 1. The van der Waals surface area contributed by atoms with Gasteiger partial charge in [0.25, 0.3) is 0 Å². The first-order chi connectivity index (χ1) is 18.4. The second-order valence-corrected chi connectivity index (χ2v) is 9.33. The lowest BCUT2D eigenvalue weighted by Crippen LogP contribution is -2.39. The van der Waals surface area contributed by atoms with Gasteiger partial charge in [0, 0.05) is 17.7 Å². The minimum atomic E-state index is -1.17. The van der Waals surface area contributed by atoms with Gasteiger partial charge in [0.05, 0.1) is 46.2 Å². The van der Waals surface area contributed by atoms with E-state index in [1.807, 2.05) is 0 Å². The van der Waals surface area contributed by atoms with Crippen molar-refractivity contribution in [2.75, 3.05) is 5.32 Å². The molecule has 2 aliphatic heterocycles. The summed E-state index contributed by atoms with van der Waals surface area (Å²) in [6, 6.07) is 5.88. The Morgan fingerprint density at radius 2 is 2.05 bits per heavy atom. The highest BCUT2D eigenvalue weighted by molar-refractivity contribution is 6.31. The SMILES string of the molecule is O=C(O)Nc1ccc(-c2cnc([C@@H]3CC[C@@H]4CC(c5c(-n6cnnn6)ccc(Cl)c5F)=CC(=O)N43)[nH]2)nc1. The van der Waals surface area contributed by atoms with E-state index in [0.29, 0.717) is 53.4 Å². The highest BCUT2D eigenvalue weighted by Crippen LogP contribution is 2.44. The molecule has 1 fully saturated rings. The number of pyridine rings is 1. The van der Waals surface area contributed by atoms with E-state index in [1.54, 1.807) is 29.3 Å². The summed E-state index contributed by atoms with van der Waals surface area (Å²) < 4.78 is 16.6. The first kappa shape index (κ1) is 23.7. The normalized spacial score (nSPS) is 18.8. The average molecular weight is 536 g/mol. The summed E-state index contributed by atoms with van der Waals surface area (Å²) in [4.78, 5) is 38.0. The molecule has 2 aliphatic rings. The van der Waals surface area contributed by atoms with Crippen molar-refractivity contribution in [2.24, 2.45) is 0 Å². The number of hydrogen-bond donors (Lipinski definition) is 3. The molecule has 14 heteroatoms. The Bertz CT molecular complexity index is 1570. The molecular formula is C24H19ClFN9O3. The van der Waals surface area contributed by atoms with E-state index in [0.717, 1.165) is 0 Å². The van der Waals surface area contributed by atoms with Crippen LogP contribution in [0.3, 0.4) is 0 Å². The number of nitrogens with zero attached hydrogens (tertiary/aromatic N) is 7.